The average Bonchev–Trinajstić information content (AvgIpc) is 2.77. The summed E-state index contributed by atoms with van der Waals surface area (Å²) >= 11 is 0. The van der Waals surface area contributed by atoms with Crippen LogP contribution in [0.4, 0.5) is 9.18 Å². The van der Waals surface area contributed by atoms with Crippen molar-refractivity contribution in [3.05, 3.63) is 77.6 Å². The number of carbonyl (C=O) groups is 1. The molecule has 0 bridgehead atoms. The van der Waals surface area contributed by atoms with Crippen LogP contribution in [0.15, 0.2) is 60.7 Å². The molecule has 5 nitrogen and oxygen atoms in total. The number of carboxylic acid groups (broad SMARTS) is 1. The molecule has 6 heteroatoms. The molecule has 2 unspecified atom stereocenters. The summed E-state index contributed by atoms with van der Waals surface area (Å²) in [5, 5.41) is 11.6. The molecule has 156 valence electrons. The number of ether oxygens (including phenoxy) is 2. The van der Waals surface area contributed by atoms with E-state index in [9.17, 15) is 14.3 Å². The van der Waals surface area contributed by atoms with E-state index in [-0.39, 0.29) is 24.4 Å². The van der Waals surface area contributed by atoms with Crippen molar-refractivity contribution in [1.29, 1.82) is 0 Å². The van der Waals surface area contributed by atoms with Gasteiger partial charge in [0.2, 0.25) is 0 Å². The second-order valence-corrected chi connectivity index (χ2v) is 7.54. The van der Waals surface area contributed by atoms with E-state index in [2.05, 4.69) is 0 Å². The van der Waals surface area contributed by atoms with Gasteiger partial charge in [0, 0.05) is 18.0 Å². The number of benzene rings is 3. The topological polar surface area (TPSA) is 59.0 Å². The Kier molecular flexibility index (Phi) is 5.86. The third-order valence-corrected chi connectivity index (χ3v) is 5.73. The first-order valence-electron chi connectivity index (χ1n) is 9.96. The first-order chi connectivity index (χ1) is 14.5. The van der Waals surface area contributed by atoms with Crippen molar-refractivity contribution in [3.63, 3.8) is 0 Å². The van der Waals surface area contributed by atoms with Crippen LogP contribution >= 0.6 is 0 Å². The molecule has 2 atom stereocenters. The average molecular weight is 409 g/mol. The van der Waals surface area contributed by atoms with Gasteiger partial charge in [-0.15, -0.1) is 0 Å². The molecule has 30 heavy (non-hydrogen) atoms. The quantitative estimate of drug-likeness (QED) is 0.641. The lowest BCUT2D eigenvalue weighted by molar-refractivity contribution is -0.0204. The van der Waals surface area contributed by atoms with Gasteiger partial charge < -0.3 is 19.5 Å². The summed E-state index contributed by atoms with van der Waals surface area (Å²) in [4.78, 5) is 12.9. The fraction of sp³-hybridized carbons (Fsp3) is 0.292. The van der Waals surface area contributed by atoms with E-state index in [1.165, 1.54) is 17.0 Å². The van der Waals surface area contributed by atoms with Crippen molar-refractivity contribution in [2.45, 2.75) is 25.0 Å². The van der Waals surface area contributed by atoms with E-state index in [4.69, 9.17) is 9.47 Å². The lowest BCUT2D eigenvalue weighted by atomic mass is 9.87. The molecule has 1 fully saturated rings. The predicted molar refractivity (Wildman–Crippen MR) is 112 cm³/mol. The number of hydrogen-bond donors (Lipinski definition) is 1. The highest BCUT2D eigenvalue weighted by Gasteiger charge is 2.33. The summed E-state index contributed by atoms with van der Waals surface area (Å²) < 4.78 is 25.2. The Bertz CT molecular complexity index is 1040. The van der Waals surface area contributed by atoms with E-state index < -0.39 is 6.09 Å². The highest BCUT2D eigenvalue weighted by Crippen LogP contribution is 2.33. The van der Waals surface area contributed by atoms with E-state index in [0.29, 0.717) is 19.6 Å². The minimum absolute atomic E-state index is 0.00680. The second-order valence-electron chi connectivity index (χ2n) is 7.54. The number of nitrogens with zero attached hydrogens (tertiary/aromatic N) is 1. The van der Waals surface area contributed by atoms with Gasteiger partial charge in [-0.3, -0.25) is 0 Å². The summed E-state index contributed by atoms with van der Waals surface area (Å²) in [7, 11) is 1.63. The minimum Gasteiger partial charge on any atom is -0.496 e. The van der Waals surface area contributed by atoms with Crippen molar-refractivity contribution in [2.24, 2.45) is 0 Å². The van der Waals surface area contributed by atoms with Crippen molar-refractivity contribution < 1.29 is 23.8 Å². The van der Waals surface area contributed by atoms with Crippen LogP contribution in [0.3, 0.4) is 0 Å². The maximum absolute atomic E-state index is 13.4. The zero-order valence-electron chi connectivity index (χ0n) is 16.8. The van der Waals surface area contributed by atoms with Crippen LogP contribution in [0.1, 0.15) is 23.5 Å². The number of halogens is 1. The van der Waals surface area contributed by atoms with Crippen LogP contribution in [0.2, 0.25) is 0 Å². The SMILES string of the molecule is COc1cc2ccccc2cc1COC1CN(C(=O)O)CCC1c1ccc(F)cc1. The van der Waals surface area contributed by atoms with Gasteiger partial charge in [-0.2, -0.15) is 0 Å². The standard InChI is InChI=1S/C24H24FNO4/c1-29-22-13-18-5-3-2-4-17(18)12-19(22)15-30-23-14-26(24(27)28)11-10-21(23)16-6-8-20(25)9-7-16/h2-9,12-13,21,23H,10-11,14-15H2,1H3,(H,27,28). The van der Waals surface area contributed by atoms with E-state index >= 15 is 0 Å². The molecule has 0 saturated carbocycles. The smallest absolute Gasteiger partial charge is 0.407 e. The number of amides is 1. The molecule has 1 heterocycles. The summed E-state index contributed by atoms with van der Waals surface area (Å²) in [6, 6.07) is 18.4. The molecule has 3 aromatic carbocycles. The van der Waals surface area contributed by atoms with Crippen LogP contribution in [0, 0.1) is 5.82 Å². The molecule has 0 radical (unpaired) electrons. The summed E-state index contributed by atoms with van der Waals surface area (Å²) in [5.74, 6) is 0.436. The van der Waals surface area contributed by atoms with Crippen molar-refractivity contribution in [1.82, 2.24) is 4.90 Å². The number of hydrogen-bond acceptors (Lipinski definition) is 3. The Labute approximate surface area is 174 Å². The molecule has 0 spiro atoms. The van der Waals surface area contributed by atoms with Crippen LogP contribution in [0.25, 0.3) is 10.8 Å². The summed E-state index contributed by atoms with van der Waals surface area (Å²) in [5.41, 5.74) is 1.86. The van der Waals surface area contributed by atoms with E-state index in [0.717, 1.165) is 27.6 Å². The largest absolute Gasteiger partial charge is 0.496 e. The fourth-order valence-corrected chi connectivity index (χ4v) is 4.12. The zero-order valence-corrected chi connectivity index (χ0v) is 16.8. The highest BCUT2D eigenvalue weighted by molar-refractivity contribution is 5.85. The van der Waals surface area contributed by atoms with Crippen molar-refractivity contribution in [3.8, 4) is 5.75 Å². The number of piperidine rings is 1. The van der Waals surface area contributed by atoms with Gasteiger partial charge >= 0.3 is 6.09 Å². The van der Waals surface area contributed by atoms with Gasteiger partial charge in [0.25, 0.3) is 0 Å². The first kappa shape index (κ1) is 20.2. The second kappa shape index (κ2) is 8.71. The van der Waals surface area contributed by atoms with Crippen molar-refractivity contribution in [2.75, 3.05) is 20.2 Å². The normalized spacial score (nSPS) is 19.1. The fourth-order valence-electron chi connectivity index (χ4n) is 4.12. The molecule has 1 amide bonds. The molecule has 0 aromatic heterocycles. The number of methoxy groups -OCH3 is 1. The Hall–Kier alpha value is -3.12. The number of rotatable bonds is 5. The van der Waals surface area contributed by atoms with E-state index in [1.54, 1.807) is 19.2 Å². The molecule has 1 aliphatic heterocycles. The third-order valence-electron chi connectivity index (χ3n) is 5.73. The number of fused-ring (bicyclic) bond motifs is 1. The van der Waals surface area contributed by atoms with Crippen LogP contribution in [-0.4, -0.2) is 42.4 Å². The molecule has 4 rings (SSSR count). The summed E-state index contributed by atoms with van der Waals surface area (Å²) in [6.45, 7) is 0.994. The third kappa shape index (κ3) is 4.24. The van der Waals surface area contributed by atoms with Gasteiger partial charge in [0.1, 0.15) is 11.6 Å². The first-order valence-corrected chi connectivity index (χ1v) is 9.96. The van der Waals surface area contributed by atoms with Crippen LogP contribution in [0.5, 0.6) is 5.75 Å². The molecule has 1 N–H and O–H groups in total. The molecule has 1 saturated heterocycles. The lowest BCUT2D eigenvalue weighted by Gasteiger charge is -2.37. The van der Waals surface area contributed by atoms with Gasteiger partial charge in [-0.05, 0) is 47.0 Å². The summed E-state index contributed by atoms with van der Waals surface area (Å²) in [6.07, 6.45) is -0.668. The number of likely N-dealkylation sites (tertiary alicyclic amines) is 1. The van der Waals surface area contributed by atoms with Crippen LogP contribution < -0.4 is 4.74 Å². The maximum atomic E-state index is 13.4. The molecular formula is C24H24FNO4. The van der Waals surface area contributed by atoms with Gasteiger partial charge in [-0.1, -0.05) is 36.4 Å². The molecule has 3 aromatic rings. The minimum atomic E-state index is -0.954. The Morgan fingerprint density at radius 3 is 2.50 bits per heavy atom. The predicted octanol–water partition coefficient (Wildman–Crippen LogP) is 5.04. The Morgan fingerprint density at radius 1 is 1.13 bits per heavy atom. The zero-order chi connectivity index (χ0) is 21.1. The molecule has 0 aliphatic carbocycles. The monoisotopic (exact) mass is 409 g/mol. The Balaban J connectivity index is 1.58. The van der Waals surface area contributed by atoms with E-state index in [1.807, 2.05) is 36.4 Å². The van der Waals surface area contributed by atoms with Crippen molar-refractivity contribution >= 4 is 16.9 Å². The van der Waals surface area contributed by atoms with Crippen LogP contribution in [-0.2, 0) is 11.3 Å². The maximum Gasteiger partial charge on any atom is 0.407 e. The van der Waals surface area contributed by atoms with Gasteiger partial charge in [0.15, 0.2) is 0 Å². The lowest BCUT2D eigenvalue weighted by Crippen LogP contribution is -2.46. The van der Waals surface area contributed by atoms with Gasteiger partial charge in [0.05, 0.1) is 26.4 Å². The Morgan fingerprint density at radius 2 is 1.83 bits per heavy atom. The highest BCUT2D eigenvalue weighted by atomic mass is 19.1. The van der Waals surface area contributed by atoms with Gasteiger partial charge in [-0.25, -0.2) is 9.18 Å². The molecule has 1 aliphatic rings. The molecular weight excluding hydrogens is 385 g/mol.